The summed E-state index contributed by atoms with van der Waals surface area (Å²) in [4.78, 5) is 3.95. The highest BCUT2D eigenvalue weighted by atomic mass is 19.1. The maximum Gasteiger partial charge on any atom is 0.126 e. The van der Waals surface area contributed by atoms with Crippen molar-refractivity contribution < 1.29 is 4.39 Å². The lowest BCUT2D eigenvalue weighted by molar-refractivity contribution is 0.609. The molecule has 2 aromatic rings. The molecule has 0 radical (unpaired) electrons. The molecule has 88 valence electrons. The second-order valence-corrected chi connectivity index (χ2v) is 4.17. The zero-order valence-corrected chi connectivity index (χ0v) is 9.73. The molecule has 0 fully saturated rings. The Morgan fingerprint density at radius 2 is 1.94 bits per heavy atom. The average molecular weight is 230 g/mol. The molecule has 0 aliphatic carbocycles. The minimum atomic E-state index is -0.201. The standard InChI is InChI=1S/C14H15FN2/c1-10-2-3-12(9-13(10)15)14(16)8-11-4-6-17-7-5-11/h2-7,9,14H,8,16H2,1H3. The minimum Gasteiger partial charge on any atom is -0.324 e. The van der Waals surface area contributed by atoms with Crippen LogP contribution in [0, 0.1) is 12.7 Å². The van der Waals surface area contributed by atoms with Crippen LogP contribution in [0.2, 0.25) is 0 Å². The van der Waals surface area contributed by atoms with E-state index in [4.69, 9.17) is 5.73 Å². The molecule has 0 spiro atoms. The predicted octanol–water partition coefficient (Wildman–Crippen LogP) is 2.77. The molecular weight excluding hydrogens is 215 g/mol. The first-order valence-corrected chi connectivity index (χ1v) is 5.57. The van der Waals surface area contributed by atoms with Crippen molar-refractivity contribution in [2.45, 2.75) is 19.4 Å². The molecule has 3 heteroatoms. The van der Waals surface area contributed by atoms with E-state index >= 15 is 0 Å². The third-order valence-electron chi connectivity index (χ3n) is 2.83. The molecule has 0 saturated carbocycles. The van der Waals surface area contributed by atoms with E-state index in [1.54, 1.807) is 25.4 Å². The Labute approximate surface area is 100 Å². The van der Waals surface area contributed by atoms with Crippen molar-refractivity contribution in [3.63, 3.8) is 0 Å². The van der Waals surface area contributed by atoms with Gasteiger partial charge in [-0.05, 0) is 48.2 Å². The van der Waals surface area contributed by atoms with E-state index in [1.807, 2.05) is 18.2 Å². The van der Waals surface area contributed by atoms with Crippen LogP contribution in [0.25, 0.3) is 0 Å². The van der Waals surface area contributed by atoms with Gasteiger partial charge >= 0.3 is 0 Å². The zero-order valence-electron chi connectivity index (χ0n) is 9.73. The molecule has 0 aliphatic rings. The predicted molar refractivity (Wildman–Crippen MR) is 66.0 cm³/mol. The third-order valence-corrected chi connectivity index (χ3v) is 2.83. The van der Waals surface area contributed by atoms with Gasteiger partial charge in [-0.15, -0.1) is 0 Å². The number of hydrogen-bond donors (Lipinski definition) is 1. The van der Waals surface area contributed by atoms with E-state index in [-0.39, 0.29) is 11.9 Å². The molecule has 0 amide bonds. The Bertz CT molecular complexity index is 497. The van der Waals surface area contributed by atoms with Crippen LogP contribution >= 0.6 is 0 Å². The summed E-state index contributed by atoms with van der Waals surface area (Å²) in [7, 11) is 0. The van der Waals surface area contributed by atoms with E-state index in [0.29, 0.717) is 12.0 Å². The molecule has 0 bridgehead atoms. The lowest BCUT2D eigenvalue weighted by atomic mass is 9.99. The van der Waals surface area contributed by atoms with Crippen LogP contribution in [0.15, 0.2) is 42.7 Å². The molecular formula is C14H15FN2. The first kappa shape index (κ1) is 11.7. The number of halogens is 1. The zero-order chi connectivity index (χ0) is 12.3. The largest absolute Gasteiger partial charge is 0.324 e. The van der Waals surface area contributed by atoms with Gasteiger partial charge in [-0.3, -0.25) is 4.98 Å². The van der Waals surface area contributed by atoms with Crippen molar-refractivity contribution in [1.82, 2.24) is 4.98 Å². The van der Waals surface area contributed by atoms with Gasteiger partial charge in [-0.1, -0.05) is 12.1 Å². The van der Waals surface area contributed by atoms with E-state index in [2.05, 4.69) is 4.98 Å². The summed E-state index contributed by atoms with van der Waals surface area (Å²) in [5.41, 5.74) is 8.63. The van der Waals surface area contributed by atoms with Crippen LogP contribution < -0.4 is 5.73 Å². The Balaban J connectivity index is 2.14. The normalized spacial score (nSPS) is 12.4. The lowest BCUT2D eigenvalue weighted by Gasteiger charge is -2.12. The van der Waals surface area contributed by atoms with Crippen molar-refractivity contribution in [3.8, 4) is 0 Å². The van der Waals surface area contributed by atoms with Gasteiger partial charge in [0, 0.05) is 18.4 Å². The maximum absolute atomic E-state index is 13.4. The van der Waals surface area contributed by atoms with Crippen LogP contribution in [0.1, 0.15) is 22.7 Å². The number of benzene rings is 1. The molecule has 0 saturated heterocycles. The van der Waals surface area contributed by atoms with Crippen LogP contribution in [0.5, 0.6) is 0 Å². The molecule has 2 N–H and O–H groups in total. The molecule has 1 unspecified atom stereocenters. The molecule has 2 rings (SSSR count). The maximum atomic E-state index is 13.4. The van der Waals surface area contributed by atoms with Gasteiger partial charge in [0.1, 0.15) is 5.82 Å². The van der Waals surface area contributed by atoms with Gasteiger partial charge in [-0.25, -0.2) is 4.39 Å². The molecule has 1 heterocycles. The highest BCUT2D eigenvalue weighted by Crippen LogP contribution is 2.18. The number of hydrogen-bond acceptors (Lipinski definition) is 2. The molecule has 1 aromatic carbocycles. The summed E-state index contributed by atoms with van der Waals surface area (Å²) in [5.74, 6) is -0.201. The summed E-state index contributed by atoms with van der Waals surface area (Å²) < 4.78 is 13.4. The summed E-state index contributed by atoms with van der Waals surface area (Å²) in [6.45, 7) is 1.74. The van der Waals surface area contributed by atoms with Gasteiger partial charge in [0.2, 0.25) is 0 Å². The fourth-order valence-corrected chi connectivity index (χ4v) is 1.73. The first-order chi connectivity index (χ1) is 8.16. The van der Waals surface area contributed by atoms with Crippen LogP contribution in [0.4, 0.5) is 4.39 Å². The Hall–Kier alpha value is -1.74. The summed E-state index contributed by atoms with van der Waals surface area (Å²) in [5, 5.41) is 0. The Morgan fingerprint density at radius 3 is 2.59 bits per heavy atom. The number of aromatic nitrogens is 1. The number of nitrogens with zero attached hydrogens (tertiary/aromatic N) is 1. The molecule has 1 aromatic heterocycles. The van der Waals surface area contributed by atoms with Gasteiger partial charge < -0.3 is 5.73 Å². The fraction of sp³-hybridized carbons (Fsp3) is 0.214. The van der Waals surface area contributed by atoms with Crippen molar-refractivity contribution in [1.29, 1.82) is 0 Å². The molecule has 17 heavy (non-hydrogen) atoms. The van der Waals surface area contributed by atoms with E-state index in [9.17, 15) is 4.39 Å². The number of aryl methyl sites for hydroxylation is 1. The van der Waals surface area contributed by atoms with Crippen molar-refractivity contribution in [2.24, 2.45) is 5.73 Å². The van der Waals surface area contributed by atoms with E-state index in [0.717, 1.165) is 11.1 Å². The number of pyridine rings is 1. The van der Waals surface area contributed by atoms with Crippen molar-refractivity contribution >= 4 is 0 Å². The van der Waals surface area contributed by atoms with Crippen molar-refractivity contribution in [3.05, 3.63) is 65.2 Å². The fourth-order valence-electron chi connectivity index (χ4n) is 1.73. The minimum absolute atomic E-state index is 0.188. The van der Waals surface area contributed by atoms with Gasteiger partial charge in [0.05, 0.1) is 0 Å². The Kier molecular flexibility index (Phi) is 3.49. The third kappa shape index (κ3) is 2.88. The topological polar surface area (TPSA) is 38.9 Å². The quantitative estimate of drug-likeness (QED) is 0.880. The highest BCUT2D eigenvalue weighted by Gasteiger charge is 2.08. The van der Waals surface area contributed by atoms with Crippen molar-refractivity contribution in [2.75, 3.05) is 0 Å². The highest BCUT2D eigenvalue weighted by molar-refractivity contribution is 5.27. The molecule has 0 aliphatic heterocycles. The summed E-state index contributed by atoms with van der Waals surface area (Å²) in [6.07, 6.45) is 4.15. The number of nitrogens with two attached hydrogens (primary N) is 1. The molecule has 1 atom stereocenters. The average Bonchev–Trinajstić information content (AvgIpc) is 2.34. The first-order valence-electron chi connectivity index (χ1n) is 5.57. The van der Waals surface area contributed by atoms with Gasteiger partial charge in [0.15, 0.2) is 0 Å². The number of rotatable bonds is 3. The summed E-state index contributed by atoms with van der Waals surface area (Å²) >= 11 is 0. The van der Waals surface area contributed by atoms with Crippen LogP contribution in [0.3, 0.4) is 0 Å². The van der Waals surface area contributed by atoms with Crippen LogP contribution in [-0.2, 0) is 6.42 Å². The van der Waals surface area contributed by atoms with Gasteiger partial charge in [0.25, 0.3) is 0 Å². The summed E-state index contributed by atoms with van der Waals surface area (Å²) in [6, 6.07) is 8.81. The second kappa shape index (κ2) is 5.06. The lowest BCUT2D eigenvalue weighted by Crippen LogP contribution is -2.13. The molecule has 2 nitrogen and oxygen atoms in total. The second-order valence-electron chi connectivity index (χ2n) is 4.17. The van der Waals surface area contributed by atoms with E-state index in [1.165, 1.54) is 6.07 Å². The monoisotopic (exact) mass is 230 g/mol. The smallest absolute Gasteiger partial charge is 0.126 e. The van der Waals surface area contributed by atoms with Crippen LogP contribution in [-0.4, -0.2) is 4.98 Å². The van der Waals surface area contributed by atoms with E-state index < -0.39 is 0 Å². The Morgan fingerprint density at radius 1 is 1.24 bits per heavy atom. The van der Waals surface area contributed by atoms with Gasteiger partial charge in [-0.2, -0.15) is 0 Å². The SMILES string of the molecule is Cc1ccc(C(N)Cc2ccncc2)cc1F.